The van der Waals surface area contributed by atoms with Crippen molar-refractivity contribution in [1.29, 1.82) is 0 Å². The smallest absolute Gasteiger partial charge is 0.0799 e. The van der Waals surface area contributed by atoms with Gasteiger partial charge in [0.25, 0.3) is 0 Å². The molecule has 1 aromatic heterocycles. The minimum absolute atomic E-state index is 0.0449. The number of hydrogen-bond donors (Lipinski definition) is 0. The van der Waals surface area contributed by atoms with Crippen LogP contribution >= 0.6 is 0 Å². The third-order valence-electron chi connectivity index (χ3n) is 5.33. The predicted molar refractivity (Wildman–Crippen MR) is 112 cm³/mol. The summed E-state index contributed by atoms with van der Waals surface area (Å²) in [4.78, 5) is 4.68. The predicted octanol–water partition coefficient (Wildman–Crippen LogP) is 6.03. The minimum atomic E-state index is -2.42. The van der Waals surface area contributed by atoms with Crippen LogP contribution in [-0.2, 0) is 6.42 Å². The SMILES string of the molecule is [2H]C([2H])([2H])c1ccc(-c2cc(CC3CCCCC3)c([Si](C)(C)C)cn2)c(C([2H])([2H])[2H])c1. The van der Waals surface area contributed by atoms with Crippen molar-refractivity contribution < 1.29 is 8.22 Å². The molecule has 0 atom stereocenters. The van der Waals surface area contributed by atoms with E-state index in [2.05, 4.69) is 30.7 Å². The van der Waals surface area contributed by atoms with E-state index in [-0.39, 0.29) is 11.1 Å². The zero-order chi connectivity index (χ0) is 23.0. The van der Waals surface area contributed by atoms with Gasteiger partial charge < -0.3 is 0 Å². The maximum atomic E-state index is 7.99. The molecule has 1 aromatic carbocycles. The zero-order valence-electron chi connectivity index (χ0n) is 21.7. The molecule has 0 unspecified atom stereocenters. The number of aryl methyl sites for hydroxylation is 2. The molecule has 134 valence electrons. The Hall–Kier alpha value is -1.41. The van der Waals surface area contributed by atoms with Crippen LogP contribution in [0.5, 0.6) is 0 Å². The molecule has 1 aliphatic carbocycles. The summed E-state index contributed by atoms with van der Waals surface area (Å²) in [6.07, 6.45) is 9.32. The number of benzene rings is 1. The highest BCUT2D eigenvalue weighted by atomic mass is 28.3. The molecule has 2 heteroatoms. The first-order valence-electron chi connectivity index (χ1n) is 12.4. The lowest BCUT2D eigenvalue weighted by atomic mass is 9.85. The lowest BCUT2D eigenvalue weighted by Gasteiger charge is -2.26. The van der Waals surface area contributed by atoms with Crippen molar-refractivity contribution in [3.05, 3.63) is 47.2 Å². The zero-order valence-corrected chi connectivity index (χ0v) is 16.7. The summed E-state index contributed by atoms with van der Waals surface area (Å²) >= 11 is 0. The van der Waals surface area contributed by atoms with Gasteiger partial charge in [-0.25, -0.2) is 0 Å². The van der Waals surface area contributed by atoms with E-state index in [0.717, 1.165) is 6.42 Å². The second kappa shape index (κ2) is 7.45. The number of rotatable bonds is 4. The van der Waals surface area contributed by atoms with Gasteiger partial charge in [-0.1, -0.05) is 75.5 Å². The molecule has 0 amide bonds. The van der Waals surface area contributed by atoms with Crippen LogP contribution in [0, 0.1) is 19.6 Å². The molecule has 0 bridgehead atoms. The molecular formula is C23H33NSi. The van der Waals surface area contributed by atoms with Crippen LogP contribution < -0.4 is 5.19 Å². The van der Waals surface area contributed by atoms with Crippen LogP contribution in [0.4, 0.5) is 0 Å². The van der Waals surface area contributed by atoms with Gasteiger partial charge in [-0.15, -0.1) is 0 Å². The standard InChI is InChI=1S/C23H33NSi/c1-17-11-12-21(18(2)13-17)22-15-20(14-19-9-7-6-8-10-19)23(16-24-22)25(3,4)5/h11-13,15-16,19H,6-10,14H2,1-5H3/i1D3,2D3. The molecule has 1 fully saturated rings. The van der Waals surface area contributed by atoms with Gasteiger partial charge in [0.05, 0.1) is 13.8 Å². The molecule has 0 saturated heterocycles. The molecule has 1 aliphatic rings. The van der Waals surface area contributed by atoms with E-state index in [0.29, 0.717) is 17.2 Å². The molecule has 0 radical (unpaired) electrons. The van der Waals surface area contributed by atoms with Crippen LogP contribution in [-0.4, -0.2) is 13.1 Å². The fourth-order valence-electron chi connectivity index (χ4n) is 3.96. The Balaban J connectivity index is 2.11. The number of aromatic nitrogens is 1. The molecule has 25 heavy (non-hydrogen) atoms. The molecule has 0 spiro atoms. The molecule has 1 nitrogen and oxygen atoms in total. The Morgan fingerprint density at radius 3 is 2.56 bits per heavy atom. The van der Waals surface area contributed by atoms with Crippen molar-refractivity contribution in [2.45, 2.75) is 71.9 Å². The van der Waals surface area contributed by atoms with Crippen LogP contribution in [0.2, 0.25) is 19.6 Å². The highest BCUT2D eigenvalue weighted by Gasteiger charge is 2.24. The minimum Gasteiger partial charge on any atom is -0.256 e. The van der Waals surface area contributed by atoms with Crippen molar-refractivity contribution in [3.8, 4) is 11.3 Å². The van der Waals surface area contributed by atoms with Crippen LogP contribution in [0.25, 0.3) is 11.3 Å². The highest BCUT2D eigenvalue weighted by Crippen LogP contribution is 2.29. The van der Waals surface area contributed by atoms with Crippen LogP contribution in [0.15, 0.2) is 30.5 Å². The Morgan fingerprint density at radius 2 is 1.88 bits per heavy atom. The molecule has 3 rings (SSSR count). The Morgan fingerprint density at radius 1 is 1.08 bits per heavy atom. The first kappa shape index (κ1) is 12.1. The van der Waals surface area contributed by atoms with Crippen molar-refractivity contribution >= 4 is 13.3 Å². The van der Waals surface area contributed by atoms with Gasteiger partial charge >= 0.3 is 0 Å². The molecule has 1 saturated carbocycles. The van der Waals surface area contributed by atoms with Gasteiger partial charge in [0, 0.05) is 20.0 Å². The summed E-state index contributed by atoms with van der Waals surface area (Å²) in [5.74, 6) is 0.666. The van der Waals surface area contributed by atoms with Crippen LogP contribution in [0.3, 0.4) is 0 Å². The molecule has 0 N–H and O–H groups in total. The average Bonchev–Trinajstić information content (AvgIpc) is 2.66. The first-order chi connectivity index (χ1) is 14.3. The lowest BCUT2D eigenvalue weighted by Crippen LogP contribution is -2.41. The van der Waals surface area contributed by atoms with Crippen molar-refractivity contribution in [2.75, 3.05) is 0 Å². The third kappa shape index (κ3) is 4.41. The second-order valence-electron chi connectivity index (χ2n) is 8.45. The fraction of sp³-hybridized carbons (Fsp3) is 0.522. The Labute approximate surface area is 163 Å². The highest BCUT2D eigenvalue weighted by molar-refractivity contribution is 6.89. The number of hydrogen-bond acceptors (Lipinski definition) is 1. The van der Waals surface area contributed by atoms with Gasteiger partial charge in [-0.3, -0.25) is 4.98 Å². The summed E-state index contributed by atoms with van der Waals surface area (Å²) in [5.41, 5.74) is 2.50. The van der Waals surface area contributed by atoms with Gasteiger partial charge in [0.1, 0.15) is 0 Å². The Bertz CT molecular complexity index is 921. The van der Waals surface area contributed by atoms with Gasteiger partial charge in [-0.2, -0.15) is 0 Å². The maximum absolute atomic E-state index is 7.99. The second-order valence-corrected chi connectivity index (χ2v) is 13.5. The van der Waals surface area contributed by atoms with Crippen LogP contribution in [0.1, 0.15) is 57.0 Å². The topological polar surface area (TPSA) is 12.9 Å². The third-order valence-corrected chi connectivity index (χ3v) is 7.39. The van der Waals surface area contributed by atoms with Gasteiger partial charge in [0.15, 0.2) is 0 Å². The lowest BCUT2D eigenvalue weighted by molar-refractivity contribution is 0.357. The molecular weight excluding hydrogens is 318 g/mol. The van der Waals surface area contributed by atoms with Crippen molar-refractivity contribution in [1.82, 2.24) is 4.98 Å². The Kier molecular flexibility index (Phi) is 3.59. The largest absolute Gasteiger partial charge is 0.256 e. The molecule has 0 aliphatic heterocycles. The summed E-state index contributed by atoms with van der Waals surface area (Å²) in [6.45, 7) is 2.17. The summed E-state index contributed by atoms with van der Waals surface area (Å²) < 4.78 is 47.0. The monoisotopic (exact) mass is 357 g/mol. The van der Waals surface area contributed by atoms with E-state index >= 15 is 0 Å². The van der Waals surface area contributed by atoms with E-state index in [9.17, 15) is 0 Å². The average molecular weight is 358 g/mol. The van der Waals surface area contributed by atoms with E-state index in [1.807, 2.05) is 6.20 Å². The summed E-state index contributed by atoms with van der Waals surface area (Å²) in [5, 5.41) is 1.33. The first-order valence-corrected chi connectivity index (χ1v) is 12.9. The number of nitrogens with zero attached hydrogens (tertiary/aromatic N) is 1. The summed E-state index contributed by atoms with van der Waals surface area (Å²) in [7, 11) is -1.62. The van der Waals surface area contributed by atoms with E-state index in [4.69, 9.17) is 8.22 Å². The van der Waals surface area contributed by atoms with E-state index in [1.165, 1.54) is 55.0 Å². The van der Waals surface area contributed by atoms with E-state index in [1.54, 1.807) is 6.07 Å². The fourth-order valence-corrected chi connectivity index (χ4v) is 5.55. The molecule has 2 aromatic rings. The number of pyridine rings is 1. The van der Waals surface area contributed by atoms with Gasteiger partial charge in [-0.05, 0) is 48.4 Å². The van der Waals surface area contributed by atoms with Crippen molar-refractivity contribution in [3.63, 3.8) is 0 Å². The van der Waals surface area contributed by atoms with Crippen molar-refractivity contribution in [2.24, 2.45) is 5.92 Å². The summed E-state index contributed by atoms with van der Waals surface area (Å²) in [6, 6.07) is 6.50. The molecule has 1 heterocycles. The normalized spacial score (nSPS) is 20.8. The van der Waals surface area contributed by atoms with Gasteiger partial charge in [0.2, 0.25) is 0 Å². The van der Waals surface area contributed by atoms with E-state index < -0.39 is 21.8 Å². The maximum Gasteiger partial charge on any atom is 0.0799 e. The quantitative estimate of drug-likeness (QED) is 0.608.